The number of H-pyrrole nitrogens is 1. The minimum absolute atomic E-state index is 0.0249. The van der Waals surface area contributed by atoms with E-state index in [2.05, 4.69) is 14.7 Å². The molecule has 4 aromatic rings. The van der Waals surface area contributed by atoms with Crippen LogP contribution in [0.5, 0.6) is 5.75 Å². The maximum absolute atomic E-state index is 12.2. The zero-order chi connectivity index (χ0) is 22.9. The van der Waals surface area contributed by atoms with E-state index in [1.807, 2.05) is 0 Å². The number of hydrogen-bond acceptors (Lipinski definition) is 4. The van der Waals surface area contributed by atoms with Crippen LogP contribution in [0.3, 0.4) is 0 Å². The molecule has 4 rings (SSSR count). The van der Waals surface area contributed by atoms with Gasteiger partial charge < -0.3 is 9.72 Å². The Morgan fingerprint density at radius 1 is 0.969 bits per heavy atom. The van der Waals surface area contributed by atoms with Crippen molar-refractivity contribution in [3.63, 3.8) is 0 Å². The summed E-state index contributed by atoms with van der Waals surface area (Å²) in [6, 6.07) is 17.1. The van der Waals surface area contributed by atoms with Gasteiger partial charge in [-0.25, -0.2) is 18.5 Å². The van der Waals surface area contributed by atoms with E-state index in [9.17, 15) is 21.6 Å². The van der Waals surface area contributed by atoms with Crippen LogP contribution in [0.2, 0.25) is 0 Å². The number of rotatable bonds is 5. The molecular weight excluding hydrogens is 443 g/mol. The fourth-order valence-electron chi connectivity index (χ4n) is 3.18. The first kappa shape index (κ1) is 21.6. The number of nitrogens with one attached hydrogen (secondary N) is 1. The Morgan fingerprint density at radius 3 is 2.38 bits per heavy atom. The molecule has 0 aliphatic heterocycles. The highest BCUT2D eigenvalue weighted by atomic mass is 32.2. The fourth-order valence-corrected chi connectivity index (χ4v) is 3.95. The number of sulfonamides is 1. The number of imidazole rings is 1. The van der Waals surface area contributed by atoms with Crippen molar-refractivity contribution < 1.29 is 26.3 Å². The van der Waals surface area contributed by atoms with Gasteiger partial charge in [0.1, 0.15) is 11.6 Å². The molecule has 0 amide bonds. The van der Waals surface area contributed by atoms with Crippen molar-refractivity contribution in [3.8, 4) is 16.9 Å². The van der Waals surface area contributed by atoms with E-state index in [0.29, 0.717) is 33.5 Å². The lowest BCUT2D eigenvalue weighted by molar-refractivity contribution is -0.274. The Morgan fingerprint density at radius 2 is 1.69 bits per heavy atom. The van der Waals surface area contributed by atoms with Gasteiger partial charge in [-0.3, -0.25) is 0 Å². The highest BCUT2D eigenvalue weighted by molar-refractivity contribution is 7.89. The van der Waals surface area contributed by atoms with E-state index < -0.39 is 16.4 Å². The third-order valence-corrected chi connectivity index (χ3v) is 5.52. The first-order valence-electron chi connectivity index (χ1n) is 9.24. The van der Waals surface area contributed by atoms with Crippen LogP contribution >= 0.6 is 0 Å². The second-order valence-electron chi connectivity index (χ2n) is 6.85. The molecular formula is C22H16F3N3O3S. The molecule has 3 aromatic carbocycles. The molecule has 0 saturated heterocycles. The van der Waals surface area contributed by atoms with Crippen molar-refractivity contribution in [2.75, 3.05) is 0 Å². The normalized spacial score (nSPS) is 12.5. The van der Waals surface area contributed by atoms with E-state index in [1.165, 1.54) is 30.3 Å². The minimum Gasteiger partial charge on any atom is -0.406 e. The van der Waals surface area contributed by atoms with Gasteiger partial charge in [-0.15, -0.1) is 13.2 Å². The predicted molar refractivity (Wildman–Crippen MR) is 115 cm³/mol. The van der Waals surface area contributed by atoms with E-state index in [-0.39, 0.29) is 10.6 Å². The fraction of sp³-hybridized carbons (Fsp3) is 0.0455. The van der Waals surface area contributed by atoms with Crippen molar-refractivity contribution in [3.05, 3.63) is 78.1 Å². The van der Waals surface area contributed by atoms with Crippen LogP contribution in [0.25, 0.3) is 34.3 Å². The maximum atomic E-state index is 12.2. The van der Waals surface area contributed by atoms with Gasteiger partial charge in [0.25, 0.3) is 0 Å². The van der Waals surface area contributed by atoms with Crippen LogP contribution in [0, 0.1) is 0 Å². The standard InChI is InChI=1S/C22H16F3N3O3S/c23-22(24,25)31-16-9-5-14(6-10-16)7-12-21-27-18-11-8-15(13-19(18)28-21)17-3-1-2-4-20(17)32(26,29)30/h1-13H,(H,27,28)(H2,26,29,30)/b12-7+. The molecule has 3 N–H and O–H groups in total. The van der Waals surface area contributed by atoms with Crippen LogP contribution < -0.4 is 9.88 Å². The van der Waals surface area contributed by atoms with Crippen molar-refractivity contribution in [1.82, 2.24) is 9.97 Å². The lowest BCUT2D eigenvalue weighted by atomic mass is 10.1. The smallest absolute Gasteiger partial charge is 0.406 e. The van der Waals surface area contributed by atoms with Crippen molar-refractivity contribution in [2.24, 2.45) is 5.14 Å². The average Bonchev–Trinajstić information content (AvgIpc) is 3.14. The summed E-state index contributed by atoms with van der Waals surface area (Å²) in [5.41, 5.74) is 3.13. The second-order valence-corrected chi connectivity index (χ2v) is 8.38. The number of fused-ring (bicyclic) bond motifs is 1. The summed E-state index contributed by atoms with van der Waals surface area (Å²) < 4.78 is 64.4. The summed E-state index contributed by atoms with van der Waals surface area (Å²) in [6.07, 6.45) is -1.37. The molecule has 0 spiro atoms. The Kier molecular flexibility index (Phi) is 5.49. The average molecular weight is 459 g/mol. The monoisotopic (exact) mass is 459 g/mol. The third kappa shape index (κ3) is 4.98. The number of primary sulfonamides is 1. The van der Waals surface area contributed by atoms with E-state index in [4.69, 9.17) is 5.14 Å². The highest BCUT2D eigenvalue weighted by Gasteiger charge is 2.30. The predicted octanol–water partition coefficient (Wildman–Crippen LogP) is 4.95. The van der Waals surface area contributed by atoms with Crippen LogP contribution in [-0.2, 0) is 10.0 Å². The molecule has 0 aliphatic carbocycles. The molecule has 0 radical (unpaired) electrons. The van der Waals surface area contributed by atoms with Crippen LogP contribution in [0.1, 0.15) is 11.4 Å². The number of benzene rings is 3. The van der Waals surface area contributed by atoms with Gasteiger partial charge in [0.2, 0.25) is 10.0 Å². The van der Waals surface area contributed by atoms with Gasteiger partial charge in [0, 0.05) is 5.56 Å². The first-order chi connectivity index (χ1) is 15.1. The Hall–Kier alpha value is -3.63. The minimum atomic E-state index is -4.74. The lowest BCUT2D eigenvalue weighted by Crippen LogP contribution is -2.16. The number of aromatic amines is 1. The lowest BCUT2D eigenvalue weighted by Gasteiger charge is -2.08. The summed E-state index contributed by atoms with van der Waals surface area (Å²) in [5.74, 6) is 0.221. The Bertz CT molecular complexity index is 1410. The quantitative estimate of drug-likeness (QED) is 0.441. The van der Waals surface area contributed by atoms with E-state index in [1.54, 1.807) is 48.6 Å². The number of ether oxygens (including phenoxy) is 1. The number of nitrogens with two attached hydrogens (primary N) is 1. The number of hydrogen-bond donors (Lipinski definition) is 2. The van der Waals surface area contributed by atoms with Gasteiger partial charge in [-0.2, -0.15) is 0 Å². The summed E-state index contributed by atoms with van der Waals surface area (Å²) in [7, 11) is -3.89. The molecule has 6 nitrogen and oxygen atoms in total. The van der Waals surface area contributed by atoms with Gasteiger partial charge in [0.05, 0.1) is 15.9 Å². The zero-order valence-corrected chi connectivity index (χ0v) is 17.1. The largest absolute Gasteiger partial charge is 0.573 e. The number of alkyl halides is 3. The maximum Gasteiger partial charge on any atom is 0.573 e. The Balaban J connectivity index is 1.59. The topological polar surface area (TPSA) is 98.1 Å². The molecule has 164 valence electrons. The summed E-state index contributed by atoms with van der Waals surface area (Å²) in [4.78, 5) is 7.59. The van der Waals surface area contributed by atoms with Gasteiger partial charge in [0.15, 0.2) is 0 Å². The number of aromatic nitrogens is 2. The van der Waals surface area contributed by atoms with Crippen molar-refractivity contribution in [1.29, 1.82) is 0 Å². The van der Waals surface area contributed by atoms with E-state index in [0.717, 1.165) is 0 Å². The molecule has 1 heterocycles. The third-order valence-electron chi connectivity index (χ3n) is 4.55. The van der Waals surface area contributed by atoms with Crippen molar-refractivity contribution in [2.45, 2.75) is 11.3 Å². The van der Waals surface area contributed by atoms with Crippen LogP contribution in [0.4, 0.5) is 13.2 Å². The van der Waals surface area contributed by atoms with E-state index >= 15 is 0 Å². The first-order valence-corrected chi connectivity index (χ1v) is 10.8. The molecule has 0 unspecified atom stereocenters. The molecule has 10 heteroatoms. The Labute approximate surface area is 181 Å². The second kappa shape index (κ2) is 8.13. The molecule has 1 aromatic heterocycles. The van der Waals surface area contributed by atoms with Crippen LogP contribution in [-0.4, -0.2) is 24.7 Å². The zero-order valence-electron chi connectivity index (χ0n) is 16.3. The summed E-state index contributed by atoms with van der Waals surface area (Å²) in [5, 5.41) is 5.33. The van der Waals surface area contributed by atoms with Gasteiger partial charge >= 0.3 is 6.36 Å². The number of nitrogens with zero attached hydrogens (tertiary/aromatic N) is 1. The molecule has 0 atom stereocenters. The molecule has 0 bridgehead atoms. The molecule has 32 heavy (non-hydrogen) atoms. The number of halogens is 3. The highest BCUT2D eigenvalue weighted by Crippen LogP contribution is 2.29. The molecule has 0 aliphatic rings. The van der Waals surface area contributed by atoms with Crippen LogP contribution in [0.15, 0.2) is 71.6 Å². The SMILES string of the molecule is NS(=O)(=O)c1ccccc1-c1ccc2nc(/C=C/c3ccc(OC(F)(F)F)cc3)[nH]c2c1. The van der Waals surface area contributed by atoms with Gasteiger partial charge in [-0.05, 0) is 47.5 Å². The molecule has 0 saturated carbocycles. The van der Waals surface area contributed by atoms with Gasteiger partial charge in [-0.1, -0.05) is 42.5 Å². The van der Waals surface area contributed by atoms with Crippen molar-refractivity contribution >= 4 is 33.2 Å². The summed E-state index contributed by atoms with van der Waals surface area (Å²) in [6.45, 7) is 0. The summed E-state index contributed by atoms with van der Waals surface area (Å²) >= 11 is 0. The molecule has 0 fully saturated rings.